The fourth-order valence-corrected chi connectivity index (χ4v) is 1.98. The van der Waals surface area contributed by atoms with E-state index in [9.17, 15) is 0 Å². The predicted octanol–water partition coefficient (Wildman–Crippen LogP) is 2.03. The van der Waals surface area contributed by atoms with Crippen molar-refractivity contribution in [3.05, 3.63) is 42.0 Å². The molecule has 0 bridgehead atoms. The van der Waals surface area contributed by atoms with Crippen molar-refractivity contribution in [3.8, 4) is 5.75 Å². The van der Waals surface area contributed by atoms with Gasteiger partial charge in [-0.1, -0.05) is 30.3 Å². The van der Waals surface area contributed by atoms with E-state index in [1.807, 2.05) is 36.4 Å². The van der Waals surface area contributed by atoms with Crippen LogP contribution in [-0.2, 0) is 4.74 Å². The summed E-state index contributed by atoms with van der Waals surface area (Å²) in [5.41, 5.74) is 8.78. The number of hydrogen-bond donors (Lipinski definition) is 2. The van der Waals surface area contributed by atoms with Gasteiger partial charge in [0.2, 0.25) is 0 Å². The maximum Gasteiger partial charge on any atom is 0.184 e. The topological polar surface area (TPSA) is 68.9 Å². The summed E-state index contributed by atoms with van der Waals surface area (Å²) in [6.07, 6.45) is 1.66. The Bertz CT molecular complexity index is 658. The lowest BCUT2D eigenvalue weighted by atomic mass is 10.0. The number of benzene rings is 2. The van der Waals surface area contributed by atoms with Gasteiger partial charge in [0.1, 0.15) is 12.4 Å². The Balaban J connectivity index is 2.36. The summed E-state index contributed by atoms with van der Waals surface area (Å²) in [6, 6.07) is 11.9. The second-order valence-electron chi connectivity index (χ2n) is 4.27. The summed E-state index contributed by atoms with van der Waals surface area (Å²) in [7, 11) is 1.64. The fourth-order valence-electron chi connectivity index (χ4n) is 1.93. The second kappa shape index (κ2) is 7.56. The summed E-state index contributed by atoms with van der Waals surface area (Å²) >= 11 is 4.73. The summed E-state index contributed by atoms with van der Waals surface area (Å²) in [6.45, 7) is 0.993. The number of thiocarbonyl (C=S) groups is 1. The molecule has 0 saturated heterocycles. The first-order valence-electron chi connectivity index (χ1n) is 6.44. The zero-order valence-electron chi connectivity index (χ0n) is 11.7. The molecule has 0 aliphatic carbocycles. The first-order chi connectivity index (χ1) is 10.2. The Morgan fingerprint density at radius 1 is 1.29 bits per heavy atom. The molecule has 0 aliphatic rings. The average molecular weight is 303 g/mol. The van der Waals surface area contributed by atoms with Crippen molar-refractivity contribution < 1.29 is 9.47 Å². The number of nitrogens with two attached hydrogens (primary N) is 1. The maximum atomic E-state index is 5.74. The van der Waals surface area contributed by atoms with Crippen LogP contribution in [0.3, 0.4) is 0 Å². The van der Waals surface area contributed by atoms with Gasteiger partial charge in [0.05, 0.1) is 12.8 Å². The lowest BCUT2D eigenvalue weighted by Crippen LogP contribution is -2.24. The summed E-state index contributed by atoms with van der Waals surface area (Å²) in [5.74, 6) is 0.735. The third kappa shape index (κ3) is 4.14. The van der Waals surface area contributed by atoms with Crippen LogP contribution in [0.5, 0.6) is 5.75 Å². The SMILES string of the molecule is COCCOc1ccc2ccccc2c1C=NNC(N)=S. The highest BCUT2D eigenvalue weighted by atomic mass is 32.1. The van der Waals surface area contributed by atoms with E-state index in [1.54, 1.807) is 13.3 Å². The van der Waals surface area contributed by atoms with Crippen LogP contribution in [0.4, 0.5) is 0 Å². The largest absolute Gasteiger partial charge is 0.490 e. The molecule has 2 aromatic rings. The van der Waals surface area contributed by atoms with Crippen molar-refractivity contribution in [2.45, 2.75) is 0 Å². The third-order valence-electron chi connectivity index (χ3n) is 2.84. The van der Waals surface area contributed by atoms with Gasteiger partial charge < -0.3 is 15.2 Å². The Labute approximate surface area is 128 Å². The maximum absolute atomic E-state index is 5.74. The van der Waals surface area contributed by atoms with Gasteiger partial charge >= 0.3 is 0 Å². The van der Waals surface area contributed by atoms with Crippen LogP contribution in [0.1, 0.15) is 5.56 Å². The van der Waals surface area contributed by atoms with Gasteiger partial charge in [-0.3, -0.25) is 5.43 Å². The lowest BCUT2D eigenvalue weighted by molar-refractivity contribution is 0.146. The van der Waals surface area contributed by atoms with Gasteiger partial charge in [0.15, 0.2) is 5.11 Å². The Kier molecular flexibility index (Phi) is 5.48. The smallest absolute Gasteiger partial charge is 0.184 e. The van der Waals surface area contributed by atoms with Crippen molar-refractivity contribution in [2.75, 3.05) is 20.3 Å². The molecule has 110 valence electrons. The highest BCUT2D eigenvalue weighted by Gasteiger charge is 2.07. The number of fused-ring (bicyclic) bond motifs is 1. The molecule has 0 atom stereocenters. The van der Waals surface area contributed by atoms with Crippen LogP contribution in [-0.4, -0.2) is 31.7 Å². The standard InChI is InChI=1S/C15H17N3O2S/c1-19-8-9-20-14-7-6-11-4-2-3-5-12(11)13(14)10-17-18-15(16)21/h2-7,10H,8-9H2,1H3,(H3,16,18,21). The Hall–Kier alpha value is -2.18. The number of nitrogens with zero attached hydrogens (tertiary/aromatic N) is 1. The highest BCUT2D eigenvalue weighted by Crippen LogP contribution is 2.26. The quantitative estimate of drug-likeness (QED) is 0.370. The van der Waals surface area contributed by atoms with E-state index in [-0.39, 0.29) is 5.11 Å². The van der Waals surface area contributed by atoms with Crippen LogP contribution in [0.2, 0.25) is 0 Å². The molecule has 0 spiro atoms. The summed E-state index contributed by atoms with van der Waals surface area (Å²) in [4.78, 5) is 0. The van der Waals surface area contributed by atoms with E-state index in [0.717, 1.165) is 22.1 Å². The minimum absolute atomic E-state index is 0.119. The molecule has 6 heteroatoms. The lowest BCUT2D eigenvalue weighted by Gasteiger charge is -2.11. The Morgan fingerprint density at radius 2 is 2.10 bits per heavy atom. The number of hydrogen-bond acceptors (Lipinski definition) is 4. The number of hydrazone groups is 1. The fraction of sp³-hybridized carbons (Fsp3) is 0.200. The zero-order chi connectivity index (χ0) is 15.1. The Morgan fingerprint density at radius 3 is 2.86 bits per heavy atom. The molecule has 21 heavy (non-hydrogen) atoms. The molecule has 0 amide bonds. The second-order valence-corrected chi connectivity index (χ2v) is 4.71. The van der Waals surface area contributed by atoms with Gasteiger partial charge in [0, 0.05) is 12.7 Å². The van der Waals surface area contributed by atoms with Crippen LogP contribution in [0.25, 0.3) is 10.8 Å². The molecular weight excluding hydrogens is 286 g/mol. The van der Waals surface area contributed by atoms with Gasteiger partial charge in [-0.2, -0.15) is 5.10 Å². The number of methoxy groups -OCH3 is 1. The van der Waals surface area contributed by atoms with Crippen LogP contribution < -0.4 is 15.9 Å². The van der Waals surface area contributed by atoms with Crippen molar-refractivity contribution in [2.24, 2.45) is 10.8 Å². The number of rotatable bonds is 6. The van der Waals surface area contributed by atoms with Gasteiger partial charge in [-0.25, -0.2) is 0 Å². The van der Waals surface area contributed by atoms with Crippen molar-refractivity contribution in [1.82, 2.24) is 5.43 Å². The zero-order valence-corrected chi connectivity index (χ0v) is 12.5. The van der Waals surface area contributed by atoms with E-state index in [0.29, 0.717) is 13.2 Å². The van der Waals surface area contributed by atoms with E-state index >= 15 is 0 Å². The molecule has 2 aromatic carbocycles. The molecule has 0 radical (unpaired) electrons. The van der Waals surface area contributed by atoms with E-state index in [4.69, 9.17) is 27.4 Å². The third-order valence-corrected chi connectivity index (χ3v) is 2.94. The monoisotopic (exact) mass is 303 g/mol. The van der Waals surface area contributed by atoms with Crippen molar-refractivity contribution >= 4 is 34.3 Å². The molecule has 0 saturated carbocycles. The van der Waals surface area contributed by atoms with Crippen molar-refractivity contribution in [1.29, 1.82) is 0 Å². The van der Waals surface area contributed by atoms with Crippen molar-refractivity contribution in [3.63, 3.8) is 0 Å². The summed E-state index contributed by atoms with van der Waals surface area (Å²) < 4.78 is 10.7. The van der Waals surface area contributed by atoms with Gasteiger partial charge in [0.25, 0.3) is 0 Å². The highest BCUT2D eigenvalue weighted by molar-refractivity contribution is 7.80. The molecule has 5 nitrogen and oxygen atoms in total. The van der Waals surface area contributed by atoms with Gasteiger partial charge in [-0.15, -0.1) is 0 Å². The molecule has 0 unspecified atom stereocenters. The normalized spacial score (nSPS) is 10.9. The van der Waals surface area contributed by atoms with Crippen LogP contribution >= 0.6 is 12.2 Å². The molecule has 3 N–H and O–H groups in total. The van der Waals surface area contributed by atoms with E-state index in [1.165, 1.54) is 0 Å². The van der Waals surface area contributed by atoms with E-state index < -0.39 is 0 Å². The molecule has 0 aromatic heterocycles. The molecule has 0 fully saturated rings. The number of nitrogens with one attached hydrogen (secondary N) is 1. The molecular formula is C15H17N3O2S. The first kappa shape index (κ1) is 15.2. The van der Waals surface area contributed by atoms with Crippen LogP contribution in [0.15, 0.2) is 41.5 Å². The average Bonchev–Trinajstić information content (AvgIpc) is 2.48. The van der Waals surface area contributed by atoms with Gasteiger partial charge in [-0.05, 0) is 29.1 Å². The minimum atomic E-state index is 0.119. The number of ether oxygens (including phenoxy) is 2. The van der Waals surface area contributed by atoms with Crippen LogP contribution in [0, 0.1) is 0 Å². The molecule has 2 rings (SSSR count). The molecule has 0 heterocycles. The minimum Gasteiger partial charge on any atom is -0.490 e. The molecule has 0 aliphatic heterocycles. The van der Waals surface area contributed by atoms with E-state index in [2.05, 4.69) is 10.5 Å². The predicted molar refractivity (Wildman–Crippen MR) is 88.8 cm³/mol. The first-order valence-corrected chi connectivity index (χ1v) is 6.85. The summed E-state index contributed by atoms with van der Waals surface area (Å²) in [5, 5.41) is 6.29.